The Hall–Kier alpha value is -2.92. The number of carbonyl (C=O) groups is 2. The number of rotatable bonds is 7. The monoisotopic (exact) mass is 431 g/mol. The molecule has 0 aliphatic carbocycles. The van der Waals surface area contributed by atoms with Gasteiger partial charge in [-0.05, 0) is 61.5 Å². The molecule has 2 amide bonds. The van der Waals surface area contributed by atoms with Crippen LogP contribution in [0.25, 0.3) is 6.08 Å². The van der Waals surface area contributed by atoms with Gasteiger partial charge in [0.15, 0.2) is 0 Å². The van der Waals surface area contributed by atoms with Crippen molar-refractivity contribution in [2.24, 2.45) is 5.92 Å². The Morgan fingerprint density at radius 2 is 1.53 bits per heavy atom. The van der Waals surface area contributed by atoms with Crippen molar-refractivity contribution in [3.8, 4) is 0 Å². The normalized spacial score (nSPS) is 17.7. The first kappa shape index (κ1) is 22.3. The lowest BCUT2D eigenvalue weighted by atomic mass is 9.95. The highest BCUT2D eigenvalue weighted by molar-refractivity contribution is 5.92. The van der Waals surface area contributed by atoms with Crippen LogP contribution in [-0.4, -0.2) is 47.8 Å². The zero-order valence-electron chi connectivity index (χ0n) is 18.7. The average Bonchev–Trinajstić information content (AvgIpc) is 3.36. The third-order valence-electron chi connectivity index (χ3n) is 6.56. The van der Waals surface area contributed by atoms with Gasteiger partial charge in [0.1, 0.15) is 0 Å². The van der Waals surface area contributed by atoms with Crippen LogP contribution < -0.4 is 5.32 Å². The fourth-order valence-electron chi connectivity index (χ4n) is 4.59. The minimum absolute atomic E-state index is 0.0172. The predicted octanol–water partition coefficient (Wildman–Crippen LogP) is 3.85. The average molecular weight is 432 g/mol. The number of amides is 2. The maximum Gasteiger partial charge on any atom is 0.246 e. The van der Waals surface area contributed by atoms with Crippen LogP contribution in [0.1, 0.15) is 42.4 Å². The van der Waals surface area contributed by atoms with Gasteiger partial charge in [-0.3, -0.25) is 14.5 Å². The molecule has 2 fully saturated rings. The van der Waals surface area contributed by atoms with Crippen LogP contribution in [0.15, 0.2) is 60.7 Å². The van der Waals surface area contributed by atoms with E-state index in [9.17, 15) is 9.59 Å². The summed E-state index contributed by atoms with van der Waals surface area (Å²) in [4.78, 5) is 29.6. The molecule has 2 saturated heterocycles. The molecular formula is C27H33N3O2. The maximum atomic E-state index is 12.8. The molecule has 0 saturated carbocycles. The topological polar surface area (TPSA) is 52.7 Å². The summed E-state index contributed by atoms with van der Waals surface area (Å²) in [5.74, 6) is 0.0966. The molecule has 2 aromatic carbocycles. The van der Waals surface area contributed by atoms with E-state index in [1.54, 1.807) is 6.08 Å². The first-order valence-corrected chi connectivity index (χ1v) is 11.8. The summed E-state index contributed by atoms with van der Waals surface area (Å²) in [6, 6.07) is 18.2. The fourth-order valence-corrected chi connectivity index (χ4v) is 4.59. The zero-order chi connectivity index (χ0) is 22.2. The van der Waals surface area contributed by atoms with Gasteiger partial charge in [0, 0.05) is 38.2 Å². The molecule has 168 valence electrons. The van der Waals surface area contributed by atoms with E-state index in [4.69, 9.17) is 0 Å². The lowest BCUT2D eigenvalue weighted by Crippen LogP contribution is -2.42. The number of nitrogens with one attached hydrogen (secondary N) is 1. The molecule has 2 aromatic rings. The van der Waals surface area contributed by atoms with Gasteiger partial charge < -0.3 is 10.2 Å². The van der Waals surface area contributed by atoms with Gasteiger partial charge in [-0.2, -0.15) is 0 Å². The summed E-state index contributed by atoms with van der Waals surface area (Å²) in [7, 11) is 0. The molecule has 0 aromatic heterocycles. The number of hydrogen-bond acceptors (Lipinski definition) is 3. The van der Waals surface area contributed by atoms with Crippen molar-refractivity contribution in [3.05, 3.63) is 77.4 Å². The number of benzene rings is 2. The van der Waals surface area contributed by atoms with Crippen molar-refractivity contribution in [1.29, 1.82) is 0 Å². The first-order chi connectivity index (χ1) is 15.7. The minimum atomic E-state index is -0.0251. The van der Waals surface area contributed by atoms with E-state index in [0.717, 1.165) is 12.1 Å². The van der Waals surface area contributed by atoms with Gasteiger partial charge in [-0.1, -0.05) is 54.6 Å². The van der Waals surface area contributed by atoms with E-state index in [2.05, 4.69) is 28.4 Å². The number of likely N-dealkylation sites (tertiary alicyclic amines) is 2. The van der Waals surface area contributed by atoms with Crippen molar-refractivity contribution in [2.75, 3.05) is 26.2 Å². The molecule has 2 aliphatic heterocycles. The van der Waals surface area contributed by atoms with Crippen LogP contribution in [0.3, 0.4) is 0 Å². The van der Waals surface area contributed by atoms with E-state index >= 15 is 0 Å². The molecule has 5 nitrogen and oxygen atoms in total. The largest absolute Gasteiger partial charge is 0.352 e. The van der Waals surface area contributed by atoms with Gasteiger partial charge in [0.25, 0.3) is 0 Å². The van der Waals surface area contributed by atoms with Gasteiger partial charge in [-0.25, -0.2) is 0 Å². The quantitative estimate of drug-likeness (QED) is 0.678. The molecule has 1 N–H and O–H groups in total. The zero-order valence-corrected chi connectivity index (χ0v) is 18.7. The molecule has 0 radical (unpaired) electrons. The fraction of sp³-hybridized carbons (Fsp3) is 0.407. The Labute approximate surface area is 191 Å². The number of hydrogen-bond donors (Lipinski definition) is 1. The van der Waals surface area contributed by atoms with Crippen molar-refractivity contribution < 1.29 is 9.59 Å². The summed E-state index contributed by atoms with van der Waals surface area (Å²) in [5.41, 5.74) is 3.52. The standard InChI is InChI=1S/C27H33N3O2/c31-26(13-12-22-8-2-1-3-9-22)30-18-14-23(15-19-30)27(32)28-20-24-10-4-5-11-25(24)21-29-16-6-7-17-29/h1-5,8-13,23H,6-7,14-21H2,(H,28,32)/b13-12+. The molecule has 4 rings (SSSR count). The summed E-state index contributed by atoms with van der Waals surface area (Å²) < 4.78 is 0. The van der Waals surface area contributed by atoms with E-state index in [1.165, 1.54) is 37.1 Å². The van der Waals surface area contributed by atoms with E-state index in [1.807, 2.05) is 47.4 Å². The maximum absolute atomic E-state index is 12.8. The Morgan fingerprint density at radius 1 is 0.875 bits per heavy atom. The van der Waals surface area contributed by atoms with Crippen LogP contribution in [-0.2, 0) is 22.7 Å². The molecule has 0 bridgehead atoms. The summed E-state index contributed by atoms with van der Waals surface area (Å²) >= 11 is 0. The smallest absolute Gasteiger partial charge is 0.246 e. The molecule has 0 spiro atoms. The molecule has 0 atom stereocenters. The molecule has 2 aliphatic rings. The lowest BCUT2D eigenvalue weighted by molar-refractivity contribution is -0.132. The Balaban J connectivity index is 1.24. The third kappa shape index (κ3) is 6.07. The molecule has 2 heterocycles. The van der Waals surface area contributed by atoms with Crippen molar-refractivity contribution in [3.63, 3.8) is 0 Å². The van der Waals surface area contributed by atoms with Gasteiger partial charge in [-0.15, -0.1) is 0 Å². The van der Waals surface area contributed by atoms with Crippen molar-refractivity contribution in [2.45, 2.75) is 38.8 Å². The van der Waals surface area contributed by atoms with Crippen LogP contribution in [0, 0.1) is 5.92 Å². The molecule has 0 unspecified atom stereocenters. The summed E-state index contributed by atoms with van der Waals surface area (Å²) in [6.07, 6.45) is 7.47. The number of piperidine rings is 1. The number of nitrogens with zero attached hydrogens (tertiary/aromatic N) is 2. The van der Waals surface area contributed by atoms with Crippen LogP contribution in [0.5, 0.6) is 0 Å². The van der Waals surface area contributed by atoms with Gasteiger partial charge >= 0.3 is 0 Å². The Kier molecular flexibility index (Phi) is 7.73. The van der Waals surface area contributed by atoms with Gasteiger partial charge in [0.05, 0.1) is 0 Å². The first-order valence-electron chi connectivity index (χ1n) is 11.8. The highest BCUT2D eigenvalue weighted by Crippen LogP contribution is 2.19. The molecule has 32 heavy (non-hydrogen) atoms. The predicted molar refractivity (Wildman–Crippen MR) is 128 cm³/mol. The van der Waals surface area contributed by atoms with E-state index in [-0.39, 0.29) is 17.7 Å². The second-order valence-corrected chi connectivity index (χ2v) is 8.81. The van der Waals surface area contributed by atoms with E-state index in [0.29, 0.717) is 32.5 Å². The van der Waals surface area contributed by atoms with Crippen LogP contribution in [0.2, 0.25) is 0 Å². The van der Waals surface area contributed by atoms with Crippen molar-refractivity contribution >= 4 is 17.9 Å². The highest BCUT2D eigenvalue weighted by atomic mass is 16.2. The van der Waals surface area contributed by atoms with Crippen molar-refractivity contribution in [1.82, 2.24) is 15.1 Å². The third-order valence-corrected chi connectivity index (χ3v) is 6.56. The second kappa shape index (κ2) is 11.1. The van der Waals surface area contributed by atoms with Crippen LogP contribution >= 0.6 is 0 Å². The Morgan fingerprint density at radius 3 is 2.25 bits per heavy atom. The van der Waals surface area contributed by atoms with E-state index < -0.39 is 0 Å². The molecular weight excluding hydrogens is 398 g/mol. The SMILES string of the molecule is O=C(NCc1ccccc1CN1CCCC1)C1CCN(C(=O)/C=C/c2ccccc2)CC1. The number of carbonyl (C=O) groups excluding carboxylic acids is 2. The highest BCUT2D eigenvalue weighted by Gasteiger charge is 2.26. The minimum Gasteiger partial charge on any atom is -0.352 e. The van der Waals surface area contributed by atoms with Gasteiger partial charge in [0.2, 0.25) is 11.8 Å². The summed E-state index contributed by atoms with van der Waals surface area (Å²) in [6.45, 7) is 5.12. The molecule has 5 heteroatoms. The summed E-state index contributed by atoms with van der Waals surface area (Å²) in [5, 5.41) is 3.15. The second-order valence-electron chi connectivity index (χ2n) is 8.81. The van der Waals surface area contributed by atoms with Crippen LogP contribution in [0.4, 0.5) is 0 Å². The Bertz CT molecular complexity index is 927. The lowest BCUT2D eigenvalue weighted by Gasteiger charge is -2.30.